The van der Waals surface area contributed by atoms with Gasteiger partial charge in [0.25, 0.3) is 5.91 Å². The molecule has 2 aliphatic rings. The van der Waals surface area contributed by atoms with E-state index >= 15 is 0 Å². The molecule has 2 unspecified atom stereocenters. The Morgan fingerprint density at radius 1 is 1.25 bits per heavy atom. The molecule has 1 aliphatic carbocycles. The third-order valence-corrected chi connectivity index (χ3v) is 5.45. The van der Waals surface area contributed by atoms with Crippen LogP contribution >= 0.6 is 0 Å². The highest BCUT2D eigenvalue weighted by Crippen LogP contribution is 2.32. The summed E-state index contributed by atoms with van der Waals surface area (Å²) in [5.41, 5.74) is 0. The van der Waals surface area contributed by atoms with Crippen LogP contribution in [0.3, 0.4) is 0 Å². The first-order valence-corrected chi connectivity index (χ1v) is 9.30. The van der Waals surface area contributed by atoms with Crippen molar-refractivity contribution in [1.29, 1.82) is 0 Å². The molecule has 132 valence electrons. The minimum absolute atomic E-state index is 0.0354. The molecule has 2 fully saturated rings. The molecule has 5 heteroatoms. The van der Waals surface area contributed by atoms with Gasteiger partial charge in [-0.15, -0.1) is 0 Å². The van der Waals surface area contributed by atoms with Crippen molar-refractivity contribution in [1.82, 2.24) is 10.2 Å². The summed E-state index contributed by atoms with van der Waals surface area (Å²) in [4.78, 5) is 26.8. The topological polar surface area (TPSA) is 62.6 Å². The third-order valence-electron chi connectivity index (χ3n) is 5.45. The number of nitrogens with zero attached hydrogens (tertiary/aromatic N) is 1. The minimum atomic E-state index is -0.519. The van der Waals surface area contributed by atoms with E-state index in [4.69, 9.17) is 4.42 Å². The van der Waals surface area contributed by atoms with Crippen LogP contribution in [0.15, 0.2) is 22.8 Å². The van der Waals surface area contributed by atoms with Gasteiger partial charge in [-0.1, -0.05) is 32.1 Å². The Kier molecular flexibility index (Phi) is 5.59. The van der Waals surface area contributed by atoms with Crippen LogP contribution in [0, 0.1) is 5.92 Å². The molecule has 24 heavy (non-hydrogen) atoms. The second-order valence-electron chi connectivity index (χ2n) is 7.24. The van der Waals surface area contributed by atoms with Crippen molar-refractivity contribution in [3.8, 4) is 0 Å². The first kappa shape index (κ1) is 17.1. The highest BCUT2D eigenvalue weighted by Gasteiger charge is 2.33. The summed E-state index contributed by atoms with van der Waals surface area (Å²) in [7, 11) is 0. The molecular formula is C19H28N2O3. The molecule has 2 heterocycles. The smallest absolute Gasteiger partial charge is 0.287 e. The standard InChI is InChI=1S/C19H28N2O3/c1-14(20-18(22)17-10-6-12-24-17)19(23)21-11-5-9-16(21)13-15-7-3-2-4-8-15/h6,10,12,14-16H,2-5,7-9,11,13H2,1H3,(H,20,22). The lowest BCUT2D eigenvalue weighted by atomic mass is 9.84. The lowest BCUT2D eigenvalue weighted by Gasteiger charge is -2.31. The fraction of sp³-hybridized carbons (Fsp3) is 0.684. The molecule has 3 rings (SSSR count). The van der Waals surface area contributed by atoms with Crippen LogP contribution in [0.1, 0.15) is 68.8 Å². The largest absolute Gasteiger partial charge is 0.459 e. The van der Waals surface area contributed by atoms with Crippen LogP contribution in [-0.4, -0.2) is 35.3 Å². The second-order valence-corrected chi connectivity index (χ2v) is 7.24. The number of hydrogen-bond donors (Lipinski definition) is 1. The van der Waals surface area contributed by atoms with Gasteiger partial charge < -0.3 is 14.6 Å². The molecule has 2 amide bonds. The molecule has 1 aromatic rings. The van der Waals surface area contributed by atoms with Crippen LogP contribution in [0.25, 0.3) is 0 Å². The van der Waals surface area contributed by atoms with Crippen molar-refractivity contribution < 1.29 is 14.0 Å². The first-order valence-electron chi connectivity index (χ1n) is 9.30. The molecule has 1 saturated heterocycles. The predicted octanol–water partition coefficient (Wildman–Crippen LogP) is 3.36. The maximum atomic E-state index is 12.8. The van der Waals surface area contributed by atoms with Gasteiger partial charge in [0, 0.05) is 12.6 Å². The number of likely N-dealkylation sites (tertiary alicyclic amines) is 1. The van der Waals surface area contributed by atoms with Crippen molar-refractivity contribution >= 4 is 11.8 Å². The molecule has 2 atom stereocenters. The Hall–Kier alpha value is -1.78. The van der Waals surface area contributed by atoms with Crippen molar-refractivity contribution in [2.75, 3.05) is 6.54 Å². The quantitative estimate of drug-likeness (QED) is 0.899. The Morgan fingerprint density at radius 3 is 2.75 bits per heavy atom. The van der Waals surface area contributed by atoms with Gasteiger partial charge in [0.2, 0.25) is 5.91 Å². The molecule has 0 aromatic carbocycles. The van der Waals surface area contributed by atoms with E-state index in [2.05, 4.69) is 5.32 Å². The summed E-state index contributed by atoms with van der Waals surface area (Å²) in [6.45, 7) is 2.58. The molecule has 1 aromatic heterocycles. The summed E-state index contributed by atoms with van der Waals surface area (Å²) >= 11 is 0. The summed E-state index contributed by atoms with van der Waals surface area (Å²) in [6, 6.07) is 3.11. The van der Waals surface area contributed by atoms with Crippen molar-refractivity contribution in [3.63, 3.8) is 0 Å². The van der Waals surface area contributed by atoms with Gasteiger partial charge in [0.15, 0.2) is 5.76 Å². The van der Waals surface area contributed by atoms with Crippen LogP contribution < -0.4 is 5.32 Å². The van der Waals surface area contributed by atoms with E-state index in [0.29, 0.717) is 6.04 Å². The van der Waals surface area contributed by atoms with Gasteiger partial charge in [0.1, 0.15) is 6.04 Å². The fourth-order valence-electron chi connectivity index (χ4n) is 4.16. The zero-order valence-electron chi connectivity index (χ0n) is 14.5. The van der Waals surface area contributed by atoms with E-state index in [0.717, 1.165) is 31.7 Å². The maximum Gasteiger partial charge on any atom is 0.287 e. The zero-order valence-corrected chi connectivity index (χ0v) is 14.5. The lowest BCUT2D eigenvalue weighted by molar-refractivity contribution is -0.134. The molecular weight excluding hydrogens is 304 g/mol. The predicted molar refractivity (Wildman–Crippen MR) is 91.6 cm³/mol. The third kappa shape index (κ3) is 4.00. The van der Waals surface area contributed by atoms with E-state index in [1.807, 2.05) is 4.90 Å². The minimum Gasteiger partial charge on any atom is -0.459 e. The summed E-state index contributed by atoms with van der Waals surface area (Å²) < 4.78 is 5.09. The van der Waals surface area contributed by atoms with Crippen LogP contribution in [0.5, 0.6) is 0 Å². The van der Waals surface area contributed by atoms with E-state index in [1.54, 1.807) is 19.1 Å². The highest BCUT2D eigenvalue weighted by molar-refractivity contribution is 5.95. The molecule has 0 radical (unpaired) electrons. The Morgan fingerprint density at radius 2 is 2.04 bits per heavy atom. The van der Waals surface area contributed by atoms with Gasteiger partial charge in [-0.05, 0) is 44.2 Å². The van der Waals surface area contributed by atoms with E-state index in [9.17, 15) is 9.59 Å². The number of rotatable bonds is 5. The number of carbonyl (C=O) groups excluding carboxylic acids is 2. The molecule has 0 spiro atoms. The van der Waals surface area contributed by atoms with Crippen molar-refractivity contribution in [2.24, 2.45) is 5.92 Å². The monoisotopic (exact) mass is 332 g/mol. The zero-order chi connectivity index (χ0) is 16.9. The highest BCUT2D eigenvalue weighted by atomic mass is 16.3. The van der Waals surface area contributed by atoms with E-state index in [-0.39, 0.29) is 17.6 Å². The van der Waals surface area contributed by atoms with Crippen LogP contribution in [0.2, 0.25) is 0 Å². The maximum absolute atomic E-state index is 12.8. The number of nitrogens with one attached hydrogen (secondary N) is 1. The number of furan rings is 1. The van der Waals surface area contributed by atoms with Gasteiger partial charge in [-0.3, -0.25) is 9.59 Å². The van der Waals surface area contributed by atoms with Gasteiger partial charge in [0.05, 0.1) is 6.26 Å². The number of carbonyl (C=O) groups is 2. The SMILES string of the molecule is CC(NC(=O)c1ccco1)C(=O)N1CCCC1CC1CCCCC1. The fourth-order valence-corrected chi connectivity index (χ4v) is 4.16. The molecule has 1 aliphatic heterocycles. The molecule has 5 nitrogen and oxygen atoms in total. The molecule has 1 saturated carbocycles. The van der Waals surface area contributed by atoms with Gasteiger partial charge >= 0.3 is 0 Å². The first-order chi connectivity index (χ1) is 11.6. The van der Waals surface area contributed by atoms with Crippen LogP contribution in [0.4, 0.5) is 0 Å². The summed E-state index contributed by atoms with van der Waals surface area (Å²) in [5.74, 6) is 0.720. The van der Waals surface area contributed by atoms with Gasteiger partial charge in [-0.25, -0.2) is 0 Å². The average molecular weight is 332 g/mol. The normalized spacial score (nSPS) is 23.2. The average Bonchev–Trinajstić information content (AvgIpc) is 3.27. The van der Waals surface area contributed by atoms with Crippen molar-refractivity contribution in [3.05, 3.63) is 24.2 Å². The Balaban J connectivity index is 1.55. The van der Waals surface area contributed by atoms with E-state index in [1.165, 1.54) is 38.4 Å². The van der Waals surface area contributed by atoms with Crippen LogP contribution in [-0.2, 0) is 4.79 Å². The van der Waals surface area contributed by atoms with Gasteiger partial charge in [-0.2, -0.15) is 0 Å². The molecule has 1 N–H and O–H groups in total. The second kappa shape index (κ2) is 7.86. The Labute approximate surface area is 143 Å². The summed E-state index contributed by atoms with van der Waals surface area (Å²) in [5, 5.41) is 2.76. The van der Waals surface area contributed by atoms with Crippen molar-refractivity contribution in [2.45, 2.75) is 70.4 Å². The Bertz CT molecular complexity index is 549. The molecule has 0 bridgehead atoms. The lowest BCUT2D eigenvalue weighted by Crippen LogP contribution is -2.48. The summed E-state index contributed by atoms with van der Waals surface area (Å²) in [6.07, 6.45) is 11.4. The number of hydrogen-bond acceptors (Lipinski definition) is 3. The van der Waals surface area contributed by atoms with E-state index < -0.39 is 6.04 Å². The number of amides is 2.